The number of hydrogen-bond acceptors (Lipinski definition) is 2. The highest BCUT2D eigenvalue weighted by molar-refractivity contribution is 5.61. The first kappa shape index (κ1) is 17.4. The van der Waals surface area contributed by atoms with E-state index < -0.39 is 34.9 Å². The van der Waals surface area contributed by atoms with E-state index in [1.54, 1.807) is 4.90 Å². The van der Waals surface area contributed by atoms with Gasteiger partial charge >= 0.3 is 6.18 Å². The SMILES string of the molecule is Fc1cc(C(F)(F)F)cc(F)c1Oc1cccc(F)c1N1CCCC1. The van der Waals surface area contributed by atoms with Gasteiger partial charge in [-0.05, 0) is 37.1 Å². The summed E-state index contributed by atoms with van der Waals surface area (Å²) in [7, 11) is 0. The van der Waals surface area contributed by atoms with Crippen LogP contribution < -0.4 is 9.64 Å². The van der Waals surface area contributed by atoms with Crippen LogP contribution in [0.4, 0.5) is 32.0 Å². The van der Waals surface area contributed by atoms with Crippen LogP contribution in [0.15, 0.2) is 30.3 Å². The Kier molecular flexibility index (Phi) is 4.53. The van der Waals surface area contributed by atoms with Crippen molar-refractivity contribution in [2.45, 2.75) is 19.0 Å². The molecule has 0 bridgehead atoms. The number of nitrogens with zero attached hydrogens (tertiary/aromatic N) is 1. The highest BCUT2D eigenvalue weighted by atomic mass is 19.4. The van der Waals surface area contributed by atoms with Gasteiger partial charge in [-0.15, -0.1) is 0 Å². The number of alkyl halides is 3. The predicted octanol–water partition coefficient (Wildman–Crippen LogP) is 5.52. The summed E-state index contributed by atoms with van der Waals surface area (Å²) in [5.41, 5.74) is -1.42. The van der Waals surface area contributed by atoms with Crippen LogP contribution in [0.5, 0.6) is 11.5 Å². The lowest BCUT2D eigenvalue weighted by Gasteiger charge is -2.22. The van der Waals surface area contributed by atoms with Gasteiger partial charge in [0.25, 0.3) is 0 Å². The van der Waals surface area contributed by atoms with Crippen LogP contribution in [-0.2, 0) is 6.18 Å². The third-order valence-corrected chi connectivity index (χ3v) is 3.91. The van der Waals surface area contributed by atoms with Gasteiger partial charge in [0, 0.05) is 13.1 Å². The van der Waals surface area contributed by atoms with Gasteiger partial charge in [-0.3, -0.25) is 0 Å². The highest BCUT2D eigenvalue weighted by Gasteiger charge is 2.33. The lowest BCUT2D eigenvalue weighted by Crippen LogP contribution is -2.19. The molecule has 1 heterocycles. The van der Waals surface area contributed by atoms with E-state index in [1.165, 1.54) is 18.2 Å². The number of halogens is 6. The normalized spacial score (nSPS) is 14.9. The van der Waals surface area contributed by atoms with Gasteiger partial charge in [-0.25, -0.2) is 13.2 Å². The maximum Gasteiger partial charge on any atom is 0.416 e. The second-order valence-electron chi connectivity index (χ2n) is 5.65. The minimum absolute atomic E-state index is 0.0405. The molecule has 1 aliphatic heterocycles. The zero-order chi connectivity index (χ0) is 18.2. The highest BCUT2D eigenvalue weighted by Crippen LogP contribution is 2.40. The van der Waals surface area contributed by atoms with Crippen LogP contribution in [0.1, 0.15) is 18.4 Å². The average Bonchev–Trinajstić information content (AvgIpc) is 3.03. The molecule has 0 saturated carbocycles. The fourth-order valence-corrected chi connectivity index (χ4v) is 2.76. The minimum atomic E-state index is -4.89. The summed E-state index contributed by atoms with van der Waals surface area (Å²) in [5, 5.41) is 0. The van der Waals surface area contributed by atoms with E-state index in [2.05, 4.69) is 0 Å². The number of ether oxygens (including phenoxy) is 1. The molecule has 1 saturated heterocycles. The van der Waals surface area contributed by atoms with Crippen molar-refractivity contribution in [2.24, 2.45) is 0 Å². The first-order valence-corrected chi connectivity index (χ1v) is 7.55. The fraction of sp³-hybridized carbons (Fsp3) is 0.294. The van der Waals surface area contributed by atoms with Gasteiger partial charge < -0.3 is 9.64 Å². The first-order valence-electron chi connectivity index (χ1n) is 7.55. The van der Waals surface area contributed by atoms with Crippen molar-refractivity contribution in [3.05, 3.63) is 53.3 Å². The summed E-state index contributed by atoms with van der Waals surface area (Å²) in [6, 6.07) is 4.08. The zero-order valence-electron chi connectivity index (χ0n) is 12.8. The molecule has 0 spiro atoms. The van der Waals surface area contributed by atoms with Crippen molar-refractivity contribution < 1.29 is 31.1 Å². The third-order valence-electron chi connectivity index (χ3n) is 3.91. The molecule has 1 fully saturated rings. The molecular weight excluding hydrogens is 348 g/mol. The maximum absolute atomic E-state index is 14.2. The van der Waals surface area contributed by atoms with E-state index in [0.717, 1.165) is 12.8 Å². The van der Waals surface area contributed by atoms with Gasteiger partial charge in [0.05, 0.1) is 5.56 Å². The monoisotopic (exact) mass is 361 g/mol. The average molecular weight is 361 g/mol. The molecule has 0 atom stereocenters. The van der Waals surface area contributed by atoms with E-state index in [9.17, 15) is 26.3 Å². The fourth-order valence-electron chi connectivity index (χ4n) is 2.76. The van der Waals surface area contributed by atoms with E-state index in [1.807, 2.05) is 0 Å². The molecule has 0 amide bonds. The molecule has 3 rings (SSSR count). The quantitative estimate of drug-likeness (QED) is 0.668. The number of anilines is 1. The molecule has 8 heteroatoms. The summed E-state index contributed by atoms with van der Waals surface area (Å²) in [6.45, 7) is 1.10. The van der Waals surface area contributed by atoms with Crippen LogP contribution in [0.3, 0.4) is 0 Å². The molecule has 0 aromatic heterocycles. The summed E-state index contributed by atoms with van der Waals surface area (Å²) < 4.78 is 85.0. The van der Waals surface area contributed by atoms with E-state index in [-0.39, 0.29) is 23.6 Å². The van der Waals surface area contributed by atoms with E-state index in [0.29, 0.717) is 13.1 Å². The lowest BCUT2D eigenvalue weighted by atomic mass is 10.2. The maximum atomic E-state index is 14.2. The molecule has 2 nitrogen and oxygen atoms in total. The lowest BCUT2D eigenvalue weighted by molar-refractivity contribution is -0.138. The second-order valence-corrected chi connectivity index (χ2v) is 5.65. The summed E-state index contributed by atoms with van der Waals surface area (Å²) in [6.07, 6.45) is -3.23. The Bertz CT molecular complexity index is 760. The number of rotatable bonds is 3. The van der Waals surface area contributed by atoms with Gasteiger partial charge in [-0.2, -0.15) is 13.2 Å². The van der Waals surface area contributed by atoms with Crippen LogP contribution in [0, 0.1) is 17.5 Å². The Balaban J connectivity index is 2.00. The topological polar surface area (TPSA) is 12.5 Å². The summed E-state index contributed by atoms with van der Waals surface area (Å²) in [5.74, 6) is -4.81. The Hall–Kier alpha value is -2.38. The smallest absolute Gasteiger partial charge is 0.416 e. The summed E-state index contributed by atoms with van der Waals surface area (Å²) in [4.78, 5) is 1.67. The van der Waals surface area contributed by atoms with Crippen molar-refractivity contribution in [3.8, 4) is 11.5 Å². The summed E-state index contributed by atoms with van der Waals surface area (Å²) >= 11 is 0. The molecule has 2 aromatic carbocycles. The molecule has 1 aliphatic rings. The van der Waals surface area contributed by atoms with Crippen molar-refractivity contribution >= 4 is 5.69 Å². The van der Waals surface area contributed by atoms with E-state index in [4.69, 9.17) is 4.74 Å². The second kappa shape index (κ2) is 6.50. The largest absolute Gasteiger partial charge is 0.449 e. The van der Waals surface area contributed by atoms with Crippen LogP contribution in [0.2, 0.25) is 0 Å². The van der Waals surface area contributed by atoms with Crippen molar-refractivity contribution in [3.63, 3.8) is 0 Å². The number of para-hydroxylation sites is 1. The van der Waals surface area contributed by atoms with Gasteiger partial charge in [0.1, 0.15) is 11.5 Å². The van der Waals surface area contributed by atoms with Crippen LogP contribution >= 0.6 is 0 Å². The van der Waals surface area contributed by atoms with Gasteiger partial charge in [-0.1, -0.05) is 6.07 Å². The standard InChI is InChI=1S/C17H13F6NO/c18-11-4-3-5-14(15(11)24-6-1-2-7-24)25-16-12(19)8-10(9-13(16)20)17(21,22)23/h3-5,8-9H,1-2,6-7H2. The number of benzene rings is 2. The molecule has 0 unspecified atom stereocenters. The molecule has 25 heavy (non-hydrogen) atoms. The van der Waals surface area contributed by atoms with E-state index >= 15 is 0 Å². The molecule has 2 aromatic rings. The van der Waals surface area contributed by atoms with Crippen LogP contribution in [-0.4, -0.2) is 13.1 Å². The number of hydrogen-bond donors (Lipinski definition) is 0. The van der Waals surface area contributed by atoms with Crippen molar-refractivity contribution in [1.82, 2.24) is 0 Å². The predicted molar refractivity (Wildman–Crippen MR) is 79.3 cm³/mol. The minimum Gasteiger partial charge on any atom is -0.449 e. The van der Waals surface area contributed by atoms with Crippen LogP contribution in [0.25, 0.3) is 0 Å². The molecular formula is C17H13F6NO. The molecule has 0 radical (unpaired) electrons. The van der Waals surface area contributed by atoms with Crippen molar-refractivity contribution in [1.29, 1.82) is 0 Å². The zero-order valence-corrected chi connectivity index (χ0v) is 12.8. The van der Waals surface area contributed by atoms with Crippen molar-refractivity contribution in [2.75, 3.05) is 18.0 Å². The van der Waals surface area contributed by atoms with Gasteiger partial charge in [0.2, 0.25) is 0 Å². The Morgan fingerprint density at radius 2 is 1.48 bits per heavy atom. The third kappa shape index (κ3) is 3.52. The molecule has 0 aliphatic carbocycles. The van der Waals surface area contributed by atoms with Gasteiger partial charge in [0.15, 0.2) is 23.1 Å². The Morgan fingerprint density at radius 1 is 0.880 bits per heavy atom. The Labute approximate surface area is 139 Å². The first-order chi connectivity index (χ1) is 11.8. The molecule has 134 valence electrons. The molecule has 0 N–H and O–H groups in total. The Morgan fingerprint density at radius 3 is 2.04 bits per heavy atom.